The van der Waals surface area contributed by atoms with E-state index in [-0.39, 0.29) is 6.54 Å². The van der Waals surface area contributed by atoms with Crippen LogP contribution in [-0.4, -0.2) is 81.6 Å². The first-order chi connectivity index (χ1) is 15.2. The van der Waals surface area contributed by atoms with Crippen LogP contribution in [0.25, 0.3) is 0 Å². The third kappa shape index (κ3) is 4.98. The lowest BCUT2D eigenvalue weighted by atomic mass is 9.85. The molecule has 3 N–H and O–H groups in total. The Balaban J connectivity index is 1.95. The second-order valence-electron chi connectivity index (χ2n) is 9.74. The van der Waals surface area contributed by atoms with Crippen LogP contribution in [0.5, 0.6) is 0 Å². The molecule has 11 nitrogen and oxygen atoms in total. The number of nitrogens with two attached hydrogens (primary N) is 1. The number of hydrogen-bond acceptors (Lipinski definition) is 8. The first-order valence-electron chi connectivity index (χ1n) is 10.7. The molecule has 12 heteroatoms. The maximum Gasteiger partial charge on any atom is 0.255 e. The quantitative estimate of drug-likeness (QED) is 0.561. The van der Waals surface area contributed by atoms with Gasteiger partial charge >= 0.3 is 0 Å². The van der Waals surface area contributed by atoms with Gasteiger partial charge in [0.2, 0.25) is 15.9 Å². The molecule has 1 aromatic heterocycles. The van der Waals surface area contributed by atoms with Crippen LogP contribution in [0.2, 0.25) is 0 Å². The molecule has 0 radical (unpaired) electrons. The zero-order chi connectivity index (χ0) is 24.8. The molecule has 184 valence electrons. The molecule has 2 atom stereocenters. The molecule has 2 amide bonds. The van der Waals surface area contributed by atoms with Crippen molar-refractivity contribution in [1.29, 1.82) is 0 Å². The summed E-state index contributed by atoms with van der Waals surface area (Å²) in [4.78, 5) is 34.1. The van der Waals surface area contributed by atoms with E-state index in [1.807, 2.05) is 20.8 Å². The first kappa shape index (κ1) is 25.3. The number of sulfonamides is 1. The Morgan fingerprint density at radius 2 is 1.97 bits per heavy atom. The minimum atomic E-state index is -3.89. The van der Waals surface area contributed by atoms with E-state index in [9.17, 15) is 18.0 Å². The van der Waals surface area contributed by atoms with E-state index >= 15 is 0 Å². The fourth-order valence-corrected chi connectivity index (χ4v) is 5.04. The third-order valence-corrected chi connectivity index (χ3v) is 6.95. The van der Waals surface area contributed by atoms with Gasteiger partial charge in [0, 0.05) is 37.3 Å². The van der Waals surface area contributed by atoms with E-state index in [0.717, 1.165) is 0 Å². The predicted molar refractivity (Wildman–Crippen MR) is 122 cm³/mol. The summed E-state index contributed by atoms with van der Waals surface area (Å²) in [5.74, 6) is -1.89. The number of nitrogens with one attached hydrogen (secondary N) is 1. The number of nitrogens with zero attached hydrogens (tertiary/aromatic N) is 3. The molecule has 0 spiro atoms. The second-order valence-corrected chi connectivity index (χ2v) is 11.4. The summed E-state index contributed by atoms with van der Waals surface area (Å²) in [5, 5.41) is 8.09. The van der Waals surface area contributed by atoms with Gasteiger partial charge in [0.1, 0.15) is 11.9 Å². The number of rotatable bonds is 7. The van der Waals surface area contributed by atoms with Gasteiger partial charge in [-0.25, -0.2) is 18.5 Å². The Morgan fingerprint density at radius 1 is 1.36 bits per heavy atom. The Labute approximate surface area is 194 Å². The molecule has 0 bridgehead atoms. The number of carbonyl (C=O) groups excluding carboxylic acids is 2. The van der Waals surface area contributed by atoms with E-state index in [1.54, 1.807) is 32.0 Å². The maximum atomic E-state index is 13.4. The fourth-order valence-electron chi connectivity index (χ4n) is 4.20. The van der Waals surface area contributed by atoms with Crippen LogP contribution in [0.15, 0.2) is 12.3 Å². The van der Waals surface area contributed by atoms with Crippen LogP contribution in [0.3, 0.4) is 0 Å². The number of carbonyl (C=O) groups is 2. The number of anilines is 1. The Hall–Kier alpha value is -2.28. The molecule has 1 saturated heterocycles. The topological polar surface area (TPSA) is 144 Å². The number of primary sulfonamides is 1. The lowest BCUT2D eigenvalue weighted by Gasteiger charge is -2.40. The van der Waals surface area contributed by atoms with Crippen molar-refractivity contribution in [2.24, 2.45) is 10.6 Å². The number of amides is 2. The number of hydrogen-bond donors (Lipinski definition) is 2. The van der Waals surface area contributed by atoms with Crippen LogP contribution in [0.4, 0.5) is 5.82 Å². The Kier molecular flexibility index (Phi) is 6.77. The second kappa shape index (κ2) is 8.82. The van der Waals surface area contributed by atoms with Crippen molar-refractivity contribution in [3.05, 3.63) is 23.4 Å². The average molecular weight is 484 g/mol. The molecule has 0 saturated carbocycles. The van der Waals surface area contributed by atoms with Gasteiger partial charge in [-0.15, -0.1) is 0 Å². The van der Waals surface area contributed by atoms with E-state index in [0.29, 0.717) is 30.2 Å². The predicted octanol–water partition coefficient (Wildman–Crippen LogP) is 0.227. The first-order valence-corrected chi connectivity index (χ1v) is 12.4. The van der Waals surface area contributed by atoms with Crippen LogP contribution in [-0.2, 0) is 24.3 Å². The van der Waals surface area contributed by atoms with Gasteiger partial charge in [-0.3, -0.25) is 9.59 Å². The lowest BCUT2D eigenvalue weighted by molar-refractivity contribution is -0.218. The zero-order valence-electron chi connectivity index (χ0n) is 19.9. The van der Waals surface area contributed by atoms with Crippen LogP contribution < -0.4 is 15.4 Å². The SMILES string of the molecule is C[C@@H](CS(N)(=O)=O)N1C(=O)c2cc(N(C)C)ncc2C1C(=O)NCC1(C(C)(C)C)OCCO1. The highest BCUT2D eigenvalue weighted by molar-refractivity contribution is 7.89. The minimum absolute atomic E-state index is 0.0655. The number of ether oxygens (including phenoxy) is 2. The highest BCUT2D eigenvalue weighted by Crippen LogP contribution is 2.39. The molecule has 33 heavy (non-hydrogen) atoms. The summed E-state index contributed by atoms with van der Waals surface area (Å²) in [7, 11) is -0.316. The van der Waals surface area contributed by atoms with Crippen molar-refractivity contribution in [1.82, 2.24) is 15.2 Å². The standard InChI is InChI=1S/C21H33N5O6S/c1-13(11-33(22,29)30)26-17(15-10-23-16(25(5)6)9-14(15)19(26)28)18(27)24-12-21(20(2,3)4)31-7-8-32-21/h9-10,13,17H,7-8,11-12H2,1-6H3,(H,24,27)(H2,22,29,30)/t13-,17?/m0/s1. The van der Waals surface area contributed by atoms with Gasteiger partial charge in [-0.1, -0.05) is 20.8 Å². The van der Waals surface area contributed by atoms with Crippen LogP contribution >= 0.6 is 0 Å². The fraction of sp³-hybridized carbons (Fsp3) is 0.667. The molecule has 2 aliphatic rings. The highest BCUT2D eigenvalue weighted by Gasteiger charge is 2.49. The monoisotopic (exact) mass is 483 g/mol. The van der Waals surface area contributed by atoms with Crippen molar-refractivity contribution < 1.29 is 27.5 Å². The molecule has 2 aliphatic heterocycles. The molecule has 1 unspecified atom stereocenters. The molecule has 1 fully saturated rings. The van der Waals surface area contributed by atoms with Gasteiger partial charge in [-0.2, -0.15) is 0 Å². The van der Waals surface area contributed by atoms with Crippen molar-refractivity contribution >= 4 is 27.7 Å². The average Bonchev–Trinajstić information content (AvgIpc) is 3.28. The highest BCUT2D eigenvalue weighted by atomic mass is 32.2. The Morgan fingerprint density at radius 3 is 2.48 bits per heavy atom. The van der Waals surface area contributed by atoms with Crippen molar-refractivity contribution in [3.63, 3.8) is 0 Å². The Bertz CT molecular complexity index is 1030. The molecular formula is C21H33N5O6S. The van der Waals surface area contributed by atoms with E-state index in [1.165, 1.54) is 11.1 Å². The van der Waals surface area contributed by atoms with Gasteiger partial charge in [-0.05, 0) is 13.0 Å². The summed E-state index contributed by atoms with van der Waals surface area (Å²) in [5.41, 5.74) is 0.277. The van der Waals surface area contributed by atoms with Gasteiger partial charge < -0.3 is 24.6 Å². The van der Waals surface area contributed by atoms with Gasteiger partial charge in [0.15, 0.2) is 5.79 Å². The summed E-state index contributed by atoms with van der Waals surface area (Å²) >= 11 is 0. The smallest absolute Gasteiger partial charge is 0.255 e. The molecule has 0 aliphatic carbocycles. The summed E-state index contributed by atoms with van der Waals surface area (Å²) in [6.07, 6.45) is 1.48. The van der Waals surface area contributed by atoms with Crippen molar-refractivity contribution in [2.45, 2.75) is 45.6 Å². The zero-order valence-corrected chi connectivity index (χ0v) is 20.7. The summed E-state index contributed by atoms with van der Waals surface area (Å²) < 4.78 is 35.2. The van der Waals surface area contributed by atoms with E-state index in [2.05, 4.69) is 10.3 Å². The molecule has 0 aromatic carbocycles. The van der Waals surface area contributed by atoms with Gasteiger partial charge in [0.05, 0.1) is 31.1 Å². The van der Waals surface area contributed by atoms with E-state index < -0.39 is 50.9 Å². The van der Waals surface area contributed by atoms with Crippen molar-refractivity contribution in [3.8, 4) is 0 Å². The maximum absolute atomic E-state index is 13.4. The third-order valence-electron chi connectivity index (χ3n) is 6.00. The number of aromatic nitrogens is 1. The molecule has 1 aromatic rings. The lowest BCUT2D eigenvalue weighted by Crippen LogP contribution is -2.54. The number of fused-ring (bicyclic) bond motifs is 1. The van der Waals surface area contributed by atoms with E-state index in [4.69, 9.17) is 14.6 Å². The van der Waals surface area contributed by atoms with Crippen molar-refractivity contribution in [2.75, 3.05) is 44.5 Å². The minimum Gasteiger partial charge on any atom is -0.363 e. The van der Waals surface area contributed by atoms with Gasteiger partial charge in [0.25, 0.3) is 5.91 Å². The molecule has 3 heterocycles. The van der Waals surface area contributed by atoms with Crippen LogP contribution in [0, 0.1) is 5.41 Å². The summed E-state index contributed by atoms with van der Waals surface area (Å²) in [6, 6.07) is -0.304. The molecule has 3 rings (SSSR count). The van der Waals surface area contributed by atoms with Crippen LogP contribution in [0.1, 0.15) is 49.7 Å². The number of pyridine rings is 1. The summed E-state index contributed by atoms with van der Waals surface area (Å²) in [6.45, 7) is 8.29. The molecular weight excluding hydrogens is 450 g/mol. The normalized spacial score (nSPS) is 21.1. The largest absolute Gasteiger partial charge is 0.363 e.